The van der Waals surface area contributed by atoms with Gasteiger partial charge in [0.2, 0.25) is 5.43 Å². The minimum Gasteiger partial charge on any atom is -0.453 e. The molecule has 0 amide bonds. The van der Waals surface area contributed by atoms with Crippen LogP contribution in [0.1, 0.15) is 105 Å². The number of benzene rings is 3. The number of nitrogens with one attached hydrogen (secondary N) is 1. The number of aromatic nitrogens is 1. The van der Waals surface area contributed by atoms with Crippen LogP contribution in [0, 0.1) is 0 Å². The second-order valence-electron chi connectivity index (χ2n) is 15.1. The molecule has 0 unspecified atom stereocenters. The van der Waals surface area contributed by atoms with E-state index in [0.717, 1.165) is 33.8 Å². The molecule has 5 heteroatoms. The molecule has 0 radical (unpaired) electrons. The Bertz CT molecular complexity index is 1650. The van der Waals surface area contributed by atoms with Crippen LogP contribution in [-0.2, 0) is 21.7 Å². The Hall–Kier alpha value is -3.34. The Balaban J connectivity index is 1.76. The maximum absolute atomic E-state index is 13.7. The van der Waals surface area contributed by atoms with Crippen LogP contribution in [0.2, 0.25) is 0 Å². The van der Waals surface area contributed by atoms with E-state index in [2.05, 4.69) is 101 Å². The van der Waals surface area contributed by atoms with Crippen molar-refractivity contribution < 1.29 is 9.15 Å². The zero-order chi connectivity index (χ0) is 28.9. The Morgan fingerprint density at radius 1 is 0.667 bits per heavy atom. The highest BCUT2D eigenvalue weighted by Crippen LogP contribution is 2.50. The van der Waals surface area contributed by atoms with Crippen molar-refractivity contribution in [2.45, 2.75) is 105 Å². The standard InChI is InChI=1S/C34H42N2O3/c1-31(2,3)18-13-20(33(7,8)9)29-24(14-18)35-22-16-26-23(17-25(22)38-29)36-27-28(37)19(32(4,5)6)15-21(30(27)39-26)34(10,11)12/h13-17,35H,1-12H3. The topological polar surface area (TPSA) is 64.4 Å². The van der Waals surface area contributed by atoms with Gasteiger partial charge in [-0.3, -0.25) is 4.79 Å². The summed E-state index contributed by atoms with van der Waals surface area (Å²) in [5, 5.41) is 3.62. The van der Waals surface area contributed by atoms with Gasteiger partial charge in [0, 0.05) is 28.8 Å². The Morgan fingerprint density at radius 3 is 1.85 bits per heavy atom. The van der Waals surface area contributed by atoms with Crippen LogP contribution < -0.4 is 15.5 Å². The zero-order valence-electron chi connectivity index (χ0n) is 25.6. The predicted molar refractivity (Wildman–Crippen MR) is 161 cm³/mol. The number of rotatable bonds is 0. The first-order valence-corrected chi connectivity index (χ1v) is 13.9. The first-order chi connectivity index (χ1) is 17.7. The molecule has 3 aliphatic rings. The summed E-state index contributed by atoms with van der Waals surface area (Å²) >= 11 is 0. The molecular weight excluding hydrogens is 484 g/mol. The van der Waals surface area contributed by atoms with Gasteiger partial charge in [0.1, 0.15) is 5.52 Å². The van der Waals surface area contributed by atoms with Crippen molar-refractivity contribution in [1.29, 1.82) is 0 Å². The molecule has 0 saturated heterocycles. The van der Waals surface area contributed by atoms with Crippen molar-refractivity contribution in [3.63, 3.8) is 0 Å². The molecule has 2 heterocycles. The number of nitrogens with zero attached hydrogens (tertiary/aromatic N) is 1. The zero-order valence-corrected chi connectivity index (χ0v) is 25.6. The normalized spacial score (nSPS) is 14.2. The van der Waals surface area contributed by atoms with E-state index in [1.807, 2.05) is 18.2 Å². The minimum atomic E-state index is -0.316. The third kappa shape index (κ3) is 4.70. The molecule has 2 aromatic rings. The lowest BCUT2D eigenvalue weighted by Crippen LogP contribution is -2.28. The maximum atomic E-state index is 13.7. The largest absolute Gasteiger partial charge is 0.453 e. The monoisotopic (exact) mass is 526 g/mol. The van der Waals surface area contributed by atoms with Crippen molar-refractivity contribution in [3.05, 3.63) is 62.8 Å². The molecule has 1 aliphatic carbocycles. The Kier molecular flexibility index (Phi) is 5.82. The van der Waals surface area contributed by atoms with E-state index in [1.54, 1.807) is 0 Å². The van der Waals surface area contributed by atoms with Gasteiger partial charge in [0.05, 0.1) is 11.4 Å². The molecule has 2 aliphatic heterocycles. The Labute approximate surface area is 232 Å². The molecule has 0 atom stereocenters. The summed E-state index contributed by atoms with van der Waals surface area (Å²) in [5.74, 6) is 2.05. The van der Waals surface area contributed by atoms with Gasteiger partial charge in [-0.25, -0.2) is 4.98 Å². The lowest BCUT2D eigenvalue weighted by Gasteiger charge is -2.32. The van der Waals surface area contributed by atoms with Crippen LogP contribution in [-0.4, -0.2) is 4.98 Å². The van der Waals surface area contributed by atoms with Crippen molar-refractivity contribution in [2.75, 3.05) is 5.32 Å². The van der Waals surface area contributed by atoms with Crippen molar-refractivity contribution in [2.24, 2.45) is 0 Å². The van der Waals surface area contributed by atoms with Crippen LogP contribution in [0.5, 0.6) is 11.5 Å². The fraction of sp³-hybridized carbons (Fsp3) is 0.471. The molecule has 5 rings (SSSR count). The van der Waals surface area contributed by atoms with Crippen molar-refractivity contribution in [3.8, 4) is 23.0 Å². The summed E-state index contributed by atoms with van der Waals surface area (Å²) in [4.78, 5) is 18.5. The fourth-order valence-electron chi connectivity index (χ4n) is 5.16. The van der Waals surface area contributed by atoms with E-state index in [9.17, 15) is 4.79 Å². The third-order valence-electron chi connectivity index (χ3n) is 7.57. The smallest absolute Gasteiger partial charge is 0.211 e. The molecule has 1 N–H and O–H groups in total. The summed E-state index contributed by atoms with van der Waals surface area (Å²) in [6.07, 6.45) is 0. The highest BCUT2D eigenvalue weighted by Gasteiger charge is 2.33. The summed E-state index contributed by atoms with van der Waals surface area (Å²) in [6, 6.07) is 10.3. The summed E-state index contributed by atoms with van der Waals surface area (Å²) in [7, 11) is 0. The molecule has 0 fully saturated rings. The summed E-state index contributed by atoms with van der Waals surface area (Å²) in [5.41, 5.74) is 6.70. The highest BCUT2D eigenvalue weighted by atomic mass is 16.5. The molecule has 206 valence electrons. The molecule has 0 bridgehead atoms. The minimum absolute atomic E-state index is 0.0101. The van der Waals surface area contributed by atoms with Gasteiger partial charge in [-0.1, -0.05) is 89.2 Å². The predicted octanol–water partition coefficient (Wildman–Crippen LogP) is 9.33. The van der Waals surface area contributed by atoms with Crippen molar-refractivity contribution in [1.82, 2.24) is 4.98 Å². The fourth-order valence-corrected chi connectivity index (χ4v) is 5.16. The molecule has 0 saturated carbocycles. The SMILES string of the molecule is CC(C)(C)c1cc2c(c(C(C)(C)C)c1)Oc1cc3nc4c(=O)c(C(C)(C)C)cc(C(C)(C)C)c-4oc3cc1N2. The molecule has 39 heavy (non-hydrogen) atoms. The number of hydrogen-bond donors (Lipinski definition) is 1. The lowest BCUT2D eigenvalue weighted by atomic mass is 9.78. The van der Waals surface area contributed by atoms with Crippen molar-refractivity contribution >= 4 is 22.5 Å². The van der Waals surface area contributed by atoms with Crippen LogP contribution in [0.25, 0.3) is 22.6 Å². The molecule has 2 aromatic carbocycles. The number of fused-ring (bicyclic) bond motifs is 4. The van der Waals surface area contributed by atoms with Gasteiger partial charge >= 0.3 is 0 Å². The van der Waals surface area contributed by atoms with Gasteiger partial charge < -0.3 is 14.5 Å². The number of hydrogen-bond acceptors (Lipinski definition) is 5. The first-order valence-electron chi connectivity index (χ1n) is 13.9. The van der Waals surface area contributed by atoms with Gasteiger partial charge in [0.15, 0.2) is 28.5 Å². The average molecular weight is 527 g/mol. The second kappa shape index (κ2) is 8.33. The molecule has 0 aromatic heterocycles. The average Bonchev–Trinajstić information content (AvgIpc) is 2.77. The lowest BCUT2D eigenvalue weighted by molar-refractivity contribution is 0.452. The van der Waals surface area contributed by atoms with E-state index >= 15 is 0 Å². The van der Waals surface area contributed by atoms with E-state index in [-0.39, 0.29) is 27.1 Å². The third-order valence-corrected chi connectivity index (χ3v) is 7.57. The maximum Gasteiger partial charge on any atom is 0.211 e. The molecule has 0 spiro atoms. The van der Waals surface area contributed by atoms with Crippen LogP contribution >= 0.6 is 0 Å². The van der Waals surface area contributed by atoms with Gasteiger partial charge in [-0.2, -0.15) is 0 Å². The Morgan fingerprint density at radius 2 is 1.28 bits per heavy atom. The molecule has 5 nitrogen and oxygen atoms in total. The van der Waals surface area contributed by atoms with E-state index in [0.29, 0.717) is 28.3 Å². The second-order valence-corrected chi connectivity index (χ2v) is 15.1. The van der Waals surface area contributed by atoms with Gasteiger partial charge in [-0.05, 0) is 39.4 Å². The van der Waals surface area contributed by atoms with Crippen LogP contribution in [0.3, 0.4) is 0 Å². The van der Waals surface area contributed by atoms with Gasteiger partial charge in [0.25, 0.3) is 0 Å². The van der Waals surface area contributed by atoms with E-state index in [1.165, 1.54) is 5.56 Å². The number of anilines is 2. The highest BCUT2D eigenvalue weighted by molar-refractivity contribution is 5.88. The van der Waals surface area contributed by atoms with E-state index < -0.39 is 0 Å². The quantitative estimate of drug-likeness (QED) is 0.204. The van der Waals surface area contributed by atoms with Crippen LogP contribution in [0.15, 0.2) is 39.5 Å². The summed E-state index contributed by atoms with van der Waals surface area (Å²) in [6.45, 7) is 25.9. The van der Waals surface area contributed by atoms with Crippen LogP contribution in [0.4, 0.5) is 11.4 Å². The molecular formula is C34H42N2O3. The van der Waals surface area contributed by atoms with E-state index in [4.69, 9.17) is 14.1 Å². The summed E-state index contributed by atoms with van der Waals surface area (Å²) < 4.78 is 13.1. The first kappa shape index (κ1) is 27.2. The van der Waals surface area contributed by atoms with Gasteiger partial charge in [-0.15, -0.1) is 0 Å². The number of ether oxygens (including phenoxy) is 1.